The zero-order valence-corrected chi connectivity index (χ0v) is 13.1. The molecule has 20 heavy (non-hydrogen) atoms. The number of ether oxygens (including phenoxy) is 2. The van der Waals surface area contributed by atoms with Gasteiger partial charge in [-0.05, 0) is 24.3 Å². The molecule has 0 saturated heterocycles. The Morgan fingerprint density at radius 1 is 1.00 bits per heavy atom. The quantitative estimate of drug-likeness (QED) is 0.690. The molecule has 2 rings (SSSR count). The minimum Gasteiger partial charge on any atom is -0.497 e. The molecule has 2 aromatic rings. The van der Waals surface area contributed by atoms with Crippen LogP contribution in [0.5, 0.6) is 11.5 Å². The molecule has 0 aromatic heterocycles. The van der Waals surface area contributed by atoms with Crippen LogP contribution in [0.25, 0.3) is 0 Å². The minimum atomic E-state index is 0.316. The van der Waals surface area contributed by atoms with Gasteiger partial charge in [0.2, 0.25) is 0 Å². The minimum absolute atomic E-state index is 0.316. The van der Waals surface area contributed by atoms with E-state index < -0.39 is 0 Å². The van der Waals surface area contributed by atoms with Gasteiger partial charge in [-0.25, -0.2) is 0 Å². The molecule has 0 fully saturated rings. The first-order valence-electron chi connectivity index (χ1n) is 5.93. The molecule has 0 radical (unpaired) electrons. The Bertz CT molecular complexity index is 600. The first-order valence-corrected chi connectivity index (χ1v) is 7.22. The molecular formula is C15H13Cl3O2. The Morgan fingerprint density at radius 2 is 1.80 bits per heavy atom. The molecule has 106 valence electrons. The second-order valence-electron chi connectivity index (χ2n) is 4.13. The molecule has 0 saturated carbocycles. The summed E-state index contributed by atoms with van der Waals surface area (Å²) in [5, 5.41) is 1.24. The van der Waals surface area contributed by atoms with Crippen molar-refractivity contribution in [3.05, 3.63) is 57.6 Å². The third kappa shape index (κ3) is 3.72. The van der Waals surface area contributed by atoms with Crippen molar-refractivity contribution in [3.8, 4) is 11.5 Å². The lowest BCUT2D eigenvalue weighted by Gasteiger charge is -2.12. The highest BCUT2D eigenvalue weighted by molar-refractivity contribution is 6.33. The summed E-state index contributed by atoms with van der Waals surface area (Å²) >= 11 is 18.0. The van der Waals surface area contributed by atoms with Gasteiger partial charge in [0.05, 0.1) is 13.0 Å². The van der Waals surface area contributed by atoms with Crippen molar-refractivity contribution in [1.82, 2.24) is 0 Å². The van der Waals surface area contributed by atoms with Gasteiger partial charge in [-0.2, -0.15) is 0 Å². The predicted molar refractivity (Wildman–Crippen MR) is 83.3 cm³/mol. The van der Waals surface area contributed by atoms with E-state index in [-0.39, 0.29) is 0 Å². The standard InChI is InChI=1S/C15H13Cl3O2/c1-19-13-4-2-10(8-16)15(7-13)20-9-11-6-12(17)3-5-14(11)18/h2-7H,8-9H2,1H3. The van der Waals surface area contributed by atoms with Crippen LogP contribution >= 0.6 is 34.8 Å². The summed E-state index contributed by atoms with van der Waals surface area (Å²) in [6, 6.07) is 10.8. The monoisotopic (exact) mass is 330 g/mol. The number of hydrogen-bond donors (Lipinski definition) is 0. The lowest BCUT2D eigenvalue weighted by molar-refractivity contribution is 0.301. The summed E-state index contributed by atoms with van der Waals surface area (Å²) in [5.74, 6) is 1.75. The number of halogens is 3. The smallest absolute Gasteiger partial charge is 0.127 e. The van der Waals surface area contributed by atoms with E-state index in [1.54, 1.807) is 31.4 Å². The fraction of sp³-hybridized carbons (Fsp3) is 0.200. The highest BCUT2D eigenvalue weighted by Gasteiger charge is 2.07. The number of alkyl halides is 1. The van der Waals surface area contributed by atoms with E-state index >= 15 is 0 Å². The van der Waals surface area contributed by atoms with Gasteiger partial charge >= 0.3 is 0 Å². The Kier molecular flexibility index (Phi) is 5.41. The van der Waals surface area contributed by atoms with Gasteiger partial charge < -0.3 is 9.47 Å². The highest BCUT2D eigenvalue weighted by atomic mass is 35.5. The highest BCUT2D eigenvalue weighted by Crippen LogP contribution is 2.28. The van der Waals surface area contributed by atoms with Crippen LogP contribution in [0.3, 0.4) is 0 Å². The van der Waals surface area contributed by atoms with Crippen molar-refractivity contribution in [2.45, 2.75) is 12.5 Å². The first kappa shape index (κ1) is 15.3. The van der Waals surface area contributed by atoms with E-state index in [1.165, 1.54) is 0 Å². The normalized spacial score (nSPS) is 10.4. The van der Waals surface area contributed by atoms with Crippen LogP contribution in [-0.4, -0.2) is 7.11 Å². The molecule has 0 aliphatic heterocycles. The van der Waals surface area contributed by atoms with Gasteiger partial charge in [0.1, 0.15) is 18.1 Å². The van der Waals surface area contributed by atoms with Crippen LogP contribution in [0.4, 0.5) is 0 Å². The maximum absolute atomic E-state index is 6.11. The predicted octanol–water partition coefficient (Wildman–Crippen LogP) is 5.32. The molecule has 2 aromatic carbocycles. The summed E-state index contributed by atoms with van der Waals surface area (Å²) in [6.45, 7) is 0.316. The van der Waals surface area contributed by atoms with Crippen LogP contribution < -0.4 is 9.47 Å². The van der Waals surface area contributed by atoms with E-state index in [9.17, 15) is 0 Å². The van der Waals surface area contributed by atoms with Crippen LogP contribution in [0.2, 0.25) is 10.0 Å². The van der Waals surface area contributed by atoms with E-state index in [2.05, 4.69) is 0 Å². The molecule has 0 N–H and O–H groups in total. The molecule has 2 nitrogen and oxygen atoms in total. The lowest BCUT2D eigenvalue weighted by atomic mass is 10.2. The maximum atomic E-state index is 6.11. The number of hydrogen-bond acceptors (Lipinski definition) is 2. The van der Waals surface area contributed by atoms with E-state index in [1.807, 2.05) is 12.1 Å². The number of rotatable bonds is 5. The average molecular weight is 332 g/mol. The van der Waals surface area contributed by atoms with Gasteiger partial charge in [0.25, 0.3) is 0 Å². The van der Waals surface area contributed by atoms with Gasteiger partial charge in [-0.15, -0.1) is 11.6 Å². The Balaban J connectivity index is 2.19. The van der Waals surface area contributed by atoms with Crippen LogP contribution in [-0.2, 0) is 12.5 Å². The Hall–Kier alpha value is -1.09. The summed E-state index contributed by atoms with van der Waals surface area (Å²) in [4.78, 5) is 0. The molecule has 0 unspecified atom stereocenters. The fourth-order valence-corrected chi connectivity index (χ4v) is 2.30. The van der Waals surface area contributed by atoms with E-state index in [0.717, 1.165) is 11.1 Å². The Labute approximate surface area is 133 Å². The molecule has 0 amide bonds. The first-order chi connectivity index (χ1) is 9.63. The average Bonchev–Trinajstić information content (AvgIpc) is 2.47. The van der Waals surface area contributed by atoms with Crippen molar-refractivity contribution in [3.63, 3.8) is 0 Å². The molecule has 0 heterocycles. The number of methoxy groups -OCH3 is 1. The molecule has 0 spiro atoms. The van der Waals surface area contributed by atoms with Crippen molar-refractivity contribution >= 4 is 34.8 Å². The van der Waals surface area contributed by atoms with Crippen molar-refractivity contribution in [2.24, 2.45) is 0 Å². The summed E-state index contributed by atoms with van der Waals surface area (Å²) in [5.41, 5.74) is 1.72. The molecule has 5 heteroatoms. The molecular weight excluding hydrogens is 319 g/mol. The second-order valence-corrected chi connectivity index (χ2v) is 5.24. The van der Waals surface area contributed by atoms with Gasteiger partial charge in [0.15, 0.2) is 0 Å². The van der Waals surface area contributed by atoms with Gasteiger partial charge in [0, 0.05) is 27.2 Å². The largest absolute Gasteiger partial charge is 0.497 e. The molecule has 0 atom stereocenters. The third-order valence-corrected chi connectivity index (χ3v) is 3.70. The Morgan fingerprint density at radius 3 is 2.50 bits per heavy atom. The molecule has 0 bridgehead atoms. The van der Waals surface area contributed by atoms with Crippen LogP contribution in [0.15, 0.2) is 36.4 Å². The molecule has 0 aliphatic rings. The topological polar surface area (TPSA) is 18.5 Å². The maximum Gasteiger partial charge on any atom is 0.127 e. The van der Waals surface area contributed by atoms with E-state index in [4.69, 9.17) is 44.3 Å². The number of benzene rings is 2. The van der Waals surface area contributed by atoms with Gasteiger partial charge in [-0.3, -0.25) is 0 Å². The zero-order chi connectivity index (χ0) is 14.5. The van der Waals surface area contributed by atoms with Crippen molar-refractivity contribution in [2.75, 3.05) is 7.11 Å². The van der Waals surface area contributed by atoms with Crippen LogP contribution in [0, 0.1) is 0 Å². The SMILES string of the molecule is COc1ccc(CCl)c(OCc2cc(Cl)ccc2Cl)c1. The summed E-state index contributed by atoms with van der Waals surface area (Å²) < 4.78 is 11.0. The van der Waals surface area contributed by atoms with Crippen molar-refractivity contribution in [1.29, 1.82) is 0 Å². The lowest BCUT2D eigenvalue weighted by Crippen LogP contribution is -1.99. The second kappa shape index (κ2) is 7.07. The van der Waals surface area contributed by atoms with Crippen molar-refractivity contribution < 1.29 is 9.47 Å². The zero-order valence-electron chi connectivity index (χ0n) is 10.8. The molecule has 0 aliphatic carbocycles. The third-order valence-electron chi connectivity index (χ3n) is 2.81. The summed E-state index contributed by atoms with van der Waals surface area (Å²) in [7, 11) is 1.60. The fourth-order valence-electron chi connectivity index (χ4n) is 1.72. The van der Waals surface area contributed by atoms with Gasteiger partial charge in [-0.1, -0.05) is 29.3 Å². The van der Waals surface area contributed by atoms with E-state index in [0.29, 0.717) is 34.0 Å². The van der Waals surface area contributed by atoms with Crippen LogP contribution in [0.1, 0.15) is 11.1 Å². The summed E-state index contributed by atoms with van der Waals surface area (Å²) in [6.07, 6.45) is 0.